The van der Waals surface area contributed by atoms with Crippen LogP contribution in [0.1, 0.15) is 44.3 Å². The van der Waals surface area contributed by atoms with Crippen LogP contribution in [0.3, 0.4) is 0 Å². The van der Waals surface area contributed by atoms with E-state index in [1.54, 1.807) is 7.11 Å². The Bertz CT molecular complexity index is 353. The Hall–Kier alpha value is -0.940. The van der Waals surface area contributed by atoms with Crippen molar-refractivity contribution < 1.29 is 9.26 Å². The number of rotatable bonds is 3. The molecule has 0 spiro atoms. The Morgan fingerprint density at radius 1 is 1.62 bits per heavy atom. The molecule has 2 atom stereocenters. The van der Waals surface area contributed by atoms with E-state index in [9.17, 15) is 0 Å². The van der Waals surface area contributed by atoms with Crippen LogP contribution in [-0.2, 0) is 16.9 Å². The molecule has 5 nitrogen and oxygen atoms in total. The summed E-state index contributed by atoms with van der Waals surface area (Å²) in [6.45, 7) is 2.59. The van der Waals surface area contributed by atoms with Crippen LogP contribution in [0.4, 0.5) is 0 Å². The van der Waals surface area contributed by atoms with Gasteiger partial charge in [-0.15, -0.1) is 0 Å². The SMILES string of the molecule is COCc1noc(C2(N)CCCC(C)C2)n1. The zero-order valence-corrected chi connectivity index (χ0v) is 9.90. The fraction of sp³-hybridized carbons (Fsp3) is 0.818. The van der Waals surface area contributed by atoms with Crippen LogP contribution in [0.25, 0.3) is 0 Å². The van der Waals surface area contributed by atoms with Gasteiger partial charge in [0.15, 0.2) is 5.82 Å². The summed E-state index contributed by atoms with van der Waals surface area (Å²) < 4.78 is 10.2. The monoisotopic (exact) mass is 225 g/mol. The summed E-state index contributed by atoms with van der Waals surface area (Å²) in [5.74, 6) is 1.75. The zero-order chi connectivity index (χ0) is 11.6. The molecule has 90 valence electrons. The number of aromatic nitrogens is 2. The van der Waals surface area contributed by atoms with Gasteiger partial charge in [0, 0.05) is 7.11 Å². The first-order valence-electron chi connectivity index (χ1n) is 5.75. The first-order chi connectivity index (χ1) is 7.64. The maximum absolute atomic E-state index is 6.34. The lowest BCUT2D eigenvalue weighted by molar-refractivity contribution is 0.171. The van der Waals surface area contributed by atoms with Gasteiger partial charge in [0.2, 0.25) is 5.89 Å². The van der Waals surface area contributed by atoms with Crippen molar-refractivity contribution in [1.82, 2.24) is 10.1 Å². The summed E-state index contributed by atoms with van der Waals surface area (Å²) in [4.78, 5) is 4.30. The molecule has 1 heterocycles. The molecule has 0 saturated heterocycles. The second-order valence-corrected chi connectivity index (χ2v) is 4.81. The van der Waals surface area contributed by atoms with E-state index >= 15 is 0 Å². The first kappa shape index (κ1) is 11.5. The molecular formula is C11H19N3O2. The van der Waals surface area contributed by atoms with Crippen molar-refractivity contribution in [1.29, 1.82) is 0 Å². The number of hydrogen-bond acceptors (Lipinski definition) is 5. The Balaban J connectivity index is 2.14. The van der Waals surface area contributed by atoms with Crippen molar-refractivity contribution in [2.45, 2.75) is 44.8 Å². The number of methoxy groups -OCH3 is 1. The van der Waals surface area contributed by atoms with Gasteiger partial charge in [-0.3, -0.25) is 0 Å². The van der Waals surface area contributed by atoms with Gasteiger partial charge in [-0.1, -0.05) is 24.9 Å². The molecule has 0 aromatic carbocycles. The first-order valence-corrected chi connectivity index (χ1v) is 5.75. The molecule has 2 rings (SSSR count). The Morgan fingerprint density at radius 3 is 3.12 bits per heavy atom. The summed E-state index contributed by atoms with van der Waals surface area (Å²) in [5, 5.41) is 3.86. The number of nitrogens with two attached hydrogens (primary N) is 1. The summed E-state index contributed by atoms with van der Waals surface area (Å²) in [5.41, 5.74) is 5.91. The van der Waals surface area contributed by atoms with Gasteiger partial charge in [0.25, 0.3) is 0 Å². The van der Waals surface area contributed by atoms with Crippen LogP contribution < -0.4 is 5.73 Å². The van der Waals surface area contributed by atoms with Gasteiger partial charge in [0.1, 0.15) is 6.61 Å². The molecule has 16 heavy (non-hydrogen) atoms. The van der Waals surface area contributed by atoms with E-state index in [1.165, 1.54) is 6.42 Å². The smallest absolute Gasteiger partial charge is 0.246 e. The van der Waals surface area contributed by atoms with Crippen LogP contribution in [-0.4, -0.2) is 17.3 Å². The van der Waals surface area contributed by atoms with Gasteiger partial charge in [-0.25, -0.2) is 0 Å². The second kappa shape index (κ2) is 4.51. The third-order valence-corrected chi connectivity index (χ3v) is 3.20. The van der Waals surface area contributed by atoms with Gasteiger partial charge in [0.05, 0.1) is 5.54 Å². The van der Waals surface area contributed by atoms with Gasteiger partial charge >= 0.3 is 0 Å². The van der Waals surface area contributed by atoms with Crippen LogP contribution in [0.5, 0.6) is 0 Å². The molecule has 0 amide bonds. The van der Waals surface area contributed by atoms with Crippen LogP contribution in [0.2, 0.25) is 0 Å². The fourth-order valence-corrected chi connectivity index (χ4v) is 2.43. The maximum Gasteiger partial charge on any atom is 0.246 e. The van der Waals surface area contributed by atoms with E-state index in [2.05, 4.69) is 17.1 Å². The summed E-state index contributed by atoms with van der Waals surface area (Å²) in [6.07, 6.45) is 4.20. The van der Waals surface area contributed by atoms with Crippen molar-refractivity contribution >= 4 is 0 Å². The second-order valence-electron chi connectivity index (χ2n) is 4.81. The molecule has 1 saturated carbocycles. The van der Waals surface area contributed by atoms with E-state index in [1.807, 2.05) is 0 Å². The molecule has 0 radical (unpaired) electrons. The van der Waals surface area contributed by atoms with Crippen molar-refractivity contribution in [3.05, 3.63) is 11.7 Å². The molecule has 5 heteroatoms. The number of ether oxygens (including phenoxy) is 1. The molecule has 1 aromatic heterocycles. The van der Waals surface area contributed by atoms with Gasteiger partial charge in [-0.05, 0) is 18.8 Å². The topological polar surface area (TPSA) is 74.2 Å². The molecule has 0 bridgehead atoms. The van der Waals surface area contributed by atoms with Crippen molar-refractivity contribution in [2.75, 3.05) is 7.11 Å². The average molecular weight is 225 g/mol. The van der Waals surface area contributed by atoms with E-state index in [-0.39, 0.29) is 0 Å². The van der Waals surface area contributed by atoms with Crippen molar-refractivity contribution in [3.8, 4) is 0 Å². The predicted molar refractivity (Wildman–Crippen MR) is 58.5 cm³/mol. The van der Waals surface area contributed by atoms with Crippen molar-refractivity contribution in [2.24, 2.45) is 11.7 Å². The lowest BCUT2D eigenvalue weighted by Crippen LogP contribution is -2.41. The summed E-state index contributed by atoms with van der Waals surface area (Å²) in [6, 6.07) is 0. The highest BCUT2D eigenvalue weighted by molar-refractivity contribution is 5.04. The highest BCUT2D eigenvalue weighted by Crippen LogP contribution is 2.36. The molecule has 1 fully saturated rings. The minimum absolute atomic E-state index is 0.370. The van der Waals surface area contributed by atoms with Gasteiger partial charge in [-0.2, -0.15) is 4.98 Å². The van der Waals surface area contributed by atoms with Crippen LogP contribution in [0.15, 0.2) is 4.52 Å². The predicted octanol–water partition coefficient (Wildman–Crippen LogP) is 1.58. The van der Waals surface area contributed by atoms with E-state index in [0.29, 0.717) is 24.2 Å². The normalized spacial score (nSPS) is 30.6. The Morgan fingerprint density at radius 2 is 2.44 bits per heavy atom. The highest BCUT2D eigenvalue weighted by atomic mass is 16.5. The molecule has 2 unspecified atom stereocenters. The molecule has 1 aliphatic rings. The van der Waals surface area contributed by atoms with Gasteiger partial charge < -0.3 is 15.0 Å². The quantitative estimate of drug-likeness (QED) is 0.845. The van der Waals surface area contributed by atoms with E-state index in [4.69, 9.17) is 15.0 Å². The number of nitrogens with zero attached hydrogens (tertiary/aromatic N) is 2. The number of hydrogen-bond donors (Lipinski definition) is 1. The van der Waals surface area contributed by atoms with Crippen LogP contribution >= 0.6 is 0 Å². The minimum Gasteiger partial charge on any atom is -0.377 e. The molecule has 1 aromatic rings. The van der Waals surface area contributed by atoms with Crippen LogP contribution in [0, 0.1) is 5.92 Å². The molecule has 1 aliphatic carbocycles. The van der Waals surface area contributed by atoms with E-state index < -0.39 is 5.54 Å². The molecule has 2 N–H and O–H groups in total. The van der Waals surface area contributed by atoms with Crippen molar-refractivity contribution in [3.63, 3.8) is 0 Å². The maximum atomic E-state index is 6.34. The largest absolute Gasteiger partial charge is 0.377 e. The Labute approximate surface area is 95.3 Å². The molecule has 0 aliphatic heterocycles. The fourth-order valence-electron chi connectivity index (χ4n) is 2.43. The standard InChI is InChI=1S/C11H19N3O2/c1-8-4-3-5-11(12,6-8)10-13-9(7-15-2)14-16-10/h8H,3-7,12H2,1-2H3. The highest BCUT2D eigenvalue weighted by Gasteiger charge is 2.37. The third kappa shape index (κ3) is 2.25. The minimum atomic E-state index is -0.434. The third-order valence-electron chi connectivity index (χ3n) is 3.20. The Kier molecular flexibility index (Phi) is 3.25. The lowest BCUT2D eigenvalue weighted by Gasteiger charge is -2.33. The summed E-state index contributed by atoms with van der Waals surface area (Å²) in [7, 11) is 1.61. The molecular weight excluding hydrogens is 206 g/mol. The average Bonchev–Trinajstić information content (AvgIpc) is 2.67. The summed E-state index contributed by atoms with van der Waals surface area (Å²) >= 11 is 0. The van der Waals surface area contributed by atoms with E-state index in [0.717, 1.165) is 19.3 Å². The lowest BCUT2D eigenvalue weighted by atomic mass is 9.77. The zero-order valence-electron chi connectivity index (χ0n) is 9.90.